The summed E-state index contributed by atoms with van der Waals surface area (Å²) < 4.78 is 22.8. The lowest BCUT2D eigenvalue weighted by atomic mass is 10.1. The summed E-state index contributed by atoms with van der Waals surface area (Å²) in [5.74, 6) is -0.279. The normalized spacial score (nSPS) is 11.6. The third-order valence-electron chi connectivity index (χ3n) is 3.08. The van der Waals surface area contributed by atoms with Crippen LogP contribution in [-0.2, 0) is 10.0 Å². The Balaban J connectivity index is 3.06. The van der Waals surface area contributed by atoms with Gasteiger partial charge in [-0.05, 0) is 37.5 Å². The lowest BCUT2D eigenvalue weighted by molar-refractivity contribution is 0.0934. The van der Waals surface area contributed by atoms with Crippen molar-refractivity contribution in [3.8, 4) is 0 Å². The van der Waals surface area contributed by atoms with Crippen LogP contribution in [0, 0.1) is 6.92 Å². The third kappa shape index (κ3) is 4.04. The predicted molar refractivity (Wildman–Crippen MR) is 74.4 cm³/mol. The standard InChI is InChI=1S/C13H20N2O3S/c1-4-11(5-2)15-13(16)10-7-6-9(3)12(8-10)19(14,17)18/h6-8,11H,4-5H2,1-3H3,(H,15,16)(H2,14,17,18). The first-order valence-electron chi connectivity index (χ1n) is 6.23. The number of carbonyl (C=O) groups is 1. The van der Waals surface area contributed by atoms with E-state index in [0.29, 0.717) is 11.1 Å². The highest BCUT2D eigenvalue weighted by Gasteiger charge is 2.16. The molecule has 0 aromatic heterocycles. The monoisotopic (exact) mass is 284 g/mol. The Hall–Kier alpha value is -1.40. The van der Waals surface area contributed by atoms with E-state index in [1.807, 2.05) is 13.8 Å². The molecule has 1 rings (SSSR count). The fraction of sp³-hybridized carbons (Fsp3) is 0.462. The van der Waals surface area contributed by atoms with Crippen molar-refractivity contribution >= 4 is 15.9 Å². The van der Waals surface area contributed by atoms with Crippen LogP contribution in [0.5, 0.6) is 0 Å². The Morgan fingerprint density at radius 3 is 2.37 bits per heavy atom. The van der Waals surface area contributed by atoms with Crippen LogP contribution in [0.3, 0.4) is 0 Å². The molecule has 0 bridgehead atoms. The highest BCUT2D eigenvalue weighted by Crippen LogP contribution is 2.16. The summed E-state index contributed by atoms with van der Waals surface area (Å²) in [7, 11) is -3.81. The number of aryl methyl sites for hydroxylation is 1. The van der Waals surface area contributed by atoms with Crippen molar-refractivity contribution in [2.75, 3.05) is 0 Å². The van der Waals surface area contributed by atoms with E-state index in [-0.39, 0.29) is 16.8 Å². The molecule has 0 atom stereocenters. The summed E-state index contributed by atoms with van der Waals surface area (Å²) in [4.78, 5) is 12.0. The smallest absolute Gasteiger partial charge is 0.251 e. The minimum Gasteiger partial charge on any atom is -0.349 e. The van der Waals surface area contributed by atoms with Gasteiger partial charge in [-0.15, -0.1) is 0 Å². The lowest BCUT2D eigenvalue weighted by Crippen LogP contribution is -2.34. The fourth-order valence-corrected chi connectivity index (χ4v) is 2.62. The number of sulfonamides is 1. The van der Waals surface area contributed by atoms with E-state index in [4.69, 9.17) is 5.14 Å². The van der Waals surface area contributed by atoms with Gasteiger partial charge in [-0.2, -0.15) is 0 Å². The van der Waals surface area contributed by atoms with Gasteiger partial charge >= 0.3 is 0 Å². The number of hydrogen-bond acceptors (Lipinski definition) is 3. The van der Waals surface area contributed by atoms with Gasteiger partial charge in [-0.3, -0.25) is 4.79 Å². The molecular weight excluding hydrogens is 264 g/mol. The predicted octanol–water partition coefficient (Wildman–Crippen LogP) is 1.56. The number of amides is 1. The largest absolute Gasteiger partial charge is 0.349 e. The van der Waals surface area contributed by atoms with Gasteiger partial charge in [-0.25, -0.2) is 13.6 Å². The van der Waals surface area contributed by atoms with Gasteiger partial charge in [0.1, 0.15) is 0 Å². The van der Waals surface area contributed by atoms with Crippen molar-refractivity contribution in [3.05, 3.63) is 29.3 Å². The molecule has 0 radical (unpaired) electrons. The second-order valence-corrected chi connectivity index (χ2v) is 6.04. The number of benzene rings is 1. The Labute approximate surface area is 114 Å². The Kier molecular flexibility index (Phi) is 5.08. The van der Waals surface area contributed by atoms with Gasteiger partial charge in [0.15, 0.2) is 0 Å². The Morgan fingerprint density at radius 1 is 1.32 bits per heavy atom. The van der Waals surface area contributed by atoms with Crippen molar-refractivity contribution in [2.45, 2.75) is 44.6 Å². The first kappa shape index (κ1) is 15.7. The molecule has 0 aliphatic carbocycles. The van der Waals surface area contributed by atoms with Gasteiger partial charge < -0.3 is 5.32 Å². The molecule has 19 heavy (non-hydrogen) atoms. The molecule has 1 aromatic rings. The van der Waals surface area contributed by atoms with Crippen molar-refractivity contribution < 1.29 is 13.2 Å². The number of nitrogens with two attached hydrogens (primary N) is 1. The summed E-state index contributed by atoms with van der Waals surface area (Å²) in [6, 6.07) is 4.60. The zero-order valence-corrected chi connectivity index (χ0v) is 12.3. The molecule has 0 aliphatic rings. The van der Waals surface area contributed by atoms with Gasteiger partial charge in [0.25, 0.3) is 5.91 Å². The maximum atomic E-state index is 12.0. The van der Waals surface area contributed by atoms with Gasteiger partial charge in [0.2, 0.25) is 10.0 Å². The van der Waals surface area contributed by atoms with Crippen molar-refractivity contribution in [1.29, 1.82) is 0 Å². The fourth-order valence-electron chi connectivity index (χ4n) is 1.81. The van der Waals surface area contributed by atoms with Crippen molar-refractivity contribution in [3.63, 3.8) is 0 Å². The van der Waals surface area contributed by atoms with Crippen LogP contribution in [0.2, 0.25) is 0 Å². The molecule has 106 valence electrons. The molecular formula is C13H20N2O3S. The zero-order valence-electron chi connectivity index (χ0n) is 11.4. The molecule has 0 unspecified atom stereocenters. The maximum Gasteiger partial charge on any atom is 0.251 e. The molecule has 5 nitrogen and oxygen atoms in total. The first-order valence-corrected chi connectivity index (χ1v) is 7.78. The molecule has 1 amide bonds. The molecule has 6 heteroatoms. The lowest BCUT2D eigenvalue weighted by Gasteiger charge is -2.15. The van der Waals surface area contributed by atoms with E-state index in [1.165, 1.54) is 6.07 Å². The molecule has 0 saturated heterocycles. The van der Waals surface area contributed by atoms with E-state index in [2.05, 4.69) is 5.32 Å². The second kappa shape index (κ2) is 6.16. The van der Waals surface area contributed by atoms with E-state index in [9.17, 15) is 13.2 Å². The van der Waals surface area contributed by atoms with Crippen LogP contribution >= 0.6 is 0 Å². The number of nitrogens with one attached hydrogen (secondary N) is 1. The molecule has 0 spiro atoms. The van der Waals surface area contributed by atoms with Crippen LogP contribution in [0.1, 0.15) is 42.6 Å². The van der Waals surface area contributed by atoms with Crippen LogP contribution in [-0.4, -0.2) is 20.4 Å². The summed E-state index contributed by atoms with van der Waals surface area (Å²) >= 11 is 0. The third-order valence-corrected chi connectivity index (χ3v) is 4.13. The number of carbonyl (C=O) groups excluding carboxylic acids is 1. The summed E-state index contributed by atoms with van der Waals surface area (Å²) in [5.41, 5.74) is 0.836. The highest BCUT2D eigenvalue weighted by molar-refractivity contribution is 7.89. The minimum absolute atomic E-state index is 0.00954. The average molecular weight is 284 g/mol. The zero-order chi connectivity index (χ0) is 14.6. The van der Waals surface area contributed by atoms with E-state index >= 15 is 0 Å². The van der Waals surface area contributed by atoms with Gasteiger partial charge in [-0.1, -0.05) is 19.9 Å². The van der Waals surface area contributed by atoms with E-state index in [0.717, 1.165) is 12.8 Å². The van der Waals surface area contributed by atoms with Crippen LogP contribution in [0.15, 0.2) is 23.1 Å². The highest BCUT2D eigenvalue weighted by atomic mass is 32.2. The van der Waals surface area contributed by atoms with Crippen molar-refractivity contribution in [1.82, 2.24) is 5.32 Å². The second-order valence-electron chi connectivity index (χ2n) is 4.51. The summed E-state index contributed by atoms with van der Waals surface area (Å²) in [6.07, 6.45) is 1.66. The van der Waals surface area contributed by atoms with Crippen LogP contribution in [0.4, 0.5) is 0 Å². The van der Waals surface area contributed by atoms with Crippen LogP contribution < -0.4 is 10.5 Å². The summed E-state index contributed by atoms with van der Waals surface area (Å²) in [6.45, 7) is 5.61. The van der Waals surface area contributed by atoms with E-state index in [1.54, 1.807) is 19.1 Å². The summed E-state index contributed by atoms with van der Waals surface area (Å²) in [5, 5.41) is 7.98. The Bertz CT molecular complexity index is 563. The minimum atomic E-state index is -3.81. The average Bonchev–Trinajstić information content (AvgIpc) is 2.34. The molecule has 3 N–H and O–H groups in total. The quantitative estimate of drug-likeness (QED) is 0.860. The molecule has 0 fully saturated rings. The van der Waals surface area contributed by atoms with Crippen LogP contribution in [0.25, 0.3) is 0 Å². The topological polar surface area (TPSA) is 89.3 Å². The number of primary sulfonamides is 1. The first-order chi connectivity index (χ1) is 8.79. The Morgan fingerprint density at radius 2 is 1.89 bits per heavy atom. The number of hydrogen-bond donors (Lipinski definition) is 2. The molecule has 0 saturated carbocycles. The number of rotatable bonds is 5. The SMILES string of the molecule is CCC(CC)NC(=O)c1ccc(C)c(S(N)(=O)=O)c1. The van der Waals surface area contributed by atoms with Gasteiger partial charge in [0, 0.05) is 11.6 Å². The molecule has 0 aliphatic heterocycles. The molecule has 0 heterocycles. The van der Waals surface area contributed by atoms with Crippen molar-refractivity contribution in [2.24, 2.45) is 5.14 Å². The van der Waals surface area contributed by atoms with E-state index < -0.39 is 10.0 Å². The van der Waals surface area contributed by atoms with Gasteiger partial charge in [0.05, 0.1) is 4.90 Å². The maximum absolute atomic E-state index is 12.0. The molecule has 1 aromatic carbocycles.